The molecule has 0 aliphatic heterocycles. The number of aromatic nitrogens is 4. The van der Waals surface area contributed by atoms with Gasteiger partial charge in [0.15, 0.2) is 11.5 Å². The zero-order chi connectivity index (χ0) is 18.6. The van der Waals surface area contributed by atoms with Gasteiger partial charge in [-0.3, -0.25) is 9.89 Å². The molecule has 2 N–H and O–H groups in total. The fourth-order valence-electron chi connectivity index (χ4n) is 2.94. The summed E-state index contributed by atoms with van der Waals surface area (Å²) in [7, 11) is 1.66. The van der Waals surface area contributed by atoms with E-state index in [1.54, 1.807) is 31.6 Å². The van der Waals surface area contributed by atoms with Crippen molar-refractivity contribution in [3.05, 3.63) is 60.2 Å². The monoisotopic (exact) mass is 365 g/mol. The molecule has 4 aromatic rings. The fraction of sp³-hybridized carbons (Fsp3) is 0.211. The third kappa shape index (κ3) is 3.47. The molecule has 0 radical (unpaired) electrons. The van der Waals surface area contributed by atoms with E-state index < -0.39 is 0 Å². The second kappa shape index (κ2) is 7.46. The highest BCUT2D eigenvalue weighted by Gasteiger charge is 2.15. The number of H-pyrrole nitrogens is 1. The summed E-state index contributed by atoms with van der Waals surface area (Å²) in [5.74, 6) is 1.11. The molecule has 0 bridgehead atoms. The van der Waals surface area contributed by atoms with Crippen LogP contribution in [0.3, 0.4) is 0 Å². The number of para-hydroxylation sites is 2. The zero-order valence-corrected chi connectivity index (χ0v) is 14.8. The Balaban J connectivity index is 1.50. The topological polar surface area (TPSA) is 98.0 Å². The quantitative estimate of drug-likeness (QED) is 0.525. The molecule has 0 spiro atoms. The summed E-state index contributed by atoms with van der Waals surface area (Å²) in [5, 5.41) is 9.74. The van der Waals surface area contributed by atoms with E-state index in [0.717, 1.165) is 16.9 Å². The van der Waals surface area contributed by atoms with Gasteiger partial charge in [-0.1, -0.05) is 12.1 Å². The van der Waals surface area contributed by atoms with Gasteiger partial charge in [-0.05, 0) is 24.3 Å². The van der Waals surface area contributed by atoms with Crippen LogP contribution in [0.4, 0.5) is 0 Å². The molecular weight excluding hydrogens is 346 g/mol. The number of furan rings is 1. The third-order valence-corrected chi connectivity index (χ3v) is 4.26. The highest BCUT2D eigenvalue weighted by atomic mass is 16.5. The van der Waals surface area contributed by atoms with Crippen molar-refractivity contribution in [3.63, 3.8) is 0 Å². The van der Waals surface area contributed by atoms with Crippen molar-refractivity contribution in [1.29, 1.82) is 0 Å². The number of nitrogens with one attached hydrogen (secondary N) is 2. The van der Waals surface area contributed by atoms with Crippen LogP contribution >= 0.6 is 0 Å². The highest BCUT2D eigenvalue weighted by Crippen LogP contribution is 2.18. The van der Waals surface area contributed by atoms with Crippen LogP contribution in [0.15, 0.2) is 53.1 Å². The normalized spacial score (nSPS) is 11.1. The van der Waals surface area contributed by atoms with Crippen molar-refractivity contribution < 1.29 is 13.9 Å². The number of imidazole rings is 1. The summed E-state index contributed by atoms with van der Waals surface area (Å²) in [4.78, 5) is 17.1. The Labute approximate surface area is 155 Å². The lowest BCUT2D eigenvalue weighted by molar-refractivity contribution is 0.0944. The first-order valence-corrected chi connectivity index (χ1v) is 8.57. The molecular formula is C19H19N5O3. The number of methoxy groups -OCH3 is 1. The van der Waals surface area contributed by atoms with Gasteiger partial charge >= 0.3 is 0 Å². The molecule has 27 heavy (non-hydrogen) atoms. The average molecular weight is 365 g/mol. The second-order valence-corrected chi connectivity index (χ2v) is 5.99. The van der Waals surface area contributed by atoms with Crippen LogP contribution in [-0.2, 0) is 17.8 Å². The van der Waals surface area contributed by atoms with Crippen molar-refractivity contribution in [2.24, 2.45) is 0 Å². The molecule has 3 aromatic heterocycles. The molecule has 4 rings (SSSR count). The summed E-state index contributed by atoms with van der Waals surface area (Å²) in [5.41, 5.74) is 2.84. The minimum absolute atomic E-state index is 0.283. The molecule has 0 atom stereocenters. The third-order valence-electron chi connectivity index (χ3n) is 4.26. The minimum Gasteiger partial charge on any atom is -0.463 e. The van der Waals surface area contributed by atoms with E-state index in [2.05, 4.69) is 25.1 Å². The lowest BCUT2D eigenvalue weighted by Gasteiger charge is -2.09. The Morgan fingerprint density at radius 1 is 1.30 bits per heavy atom. The number of aromatic amines is 1. The number of rotatable bonds is 7. The molecule has 8 heteroatoms. The van der Waals surface area contributed by atoms with Crippen LogP contribution in [-0.4, -0.2) is 39.4 Å². The van der Waals surface area contributed by atoms with E-state index in [4.69, 9.17) is 9.15 Å². The van der Waals surface area contributed by atoms with Crippen molar-refractivity contribution in [2.45, 2.75) is 13.1 Å². The molecule has 8 nitrogen and oxygen atoms in total. The first-order valence-electron chi connectivity index (χ1n) is 8.57. The van der Waals surface area contributed by atoms with E-state index >= 15 is 0 Å². The van der Waals surface area contributed by atoms with Gasteiger partial charge in [0.1, 0.15) is 11.5 Å². The predicted molar refractivity (Wildman–Crippen MR) is 99.1 cm³/mol. The lowest BCUT2D eigenvalue weighted by Crippen LogP contribution is -2.25. The van der Waals surface area contributed by atoms with Crippen molar-refractivity contribution in [1.82, 2.24) is 25.1 Å². The first kappa shape index (κ1) is 17.0. The maximum atomic E-state index is 12.5. The van der Waals surface area contributed by atoms with Crippen LogP contribution in [0.1, 0.15) is 16.3 Å². The summed E-state index contributed by atoms with van der Waals surface area (Å²) < 4.78 is 12.5. The van der Waals surface area contributed by atoms with Gasteiger partial charge in [0.2, 0.25) is 0 Å². The number of carbonyl (C=O) groups is 1. The number of carbonyl (C=O) groups excluding carboxylic acids is 1. The number of fused-ring (bicyclic) bond motifs is 1. The van der Waals surface area contributed by atoms with Gasteiger partial charge in [-0.2, -0.15) is 5.10 Å². The van der Waals surface area contributed by atoms with Crippen LogP contribution in [0.25, 0.3) is 22.5 Å². The van der Waals surface area contributed by atoms with Crippen LogP contribution in [0.2, 0.25) is 0 Å². The van der Waals surface area contributed by atoms with E-state index in [1.165, 1.54) is 0 Å². The summed E-state index contributed by atoms with van der Waals surface area (Å²) in [6, 6.07) is 13.1. The van der Waals surface area contributed by atoms with Crippen LogP contribution in [0, 0.1) is 0 Å². The fourth-order valence-corrected chi connectivity index (χ4v) is 2.94. The predicted octanol–water partition coefficient (Wildman–Crippen LogP) is 2.60. The number of ether oxygens (including phenoxy) is 1. The van der Waals surface area contributed by atoms with E-state index in [0.29, 0.717) is 36.8 Å². The molecule has 1 amide bonds. The van der Waals surface area contributed by atoms with Crippen molar-refractivity contribution in [2.75, 3.05) is 13.7 Å². The molecule has 1 aromatic carbocycles. The summed E-state index contributed by atoms with van der Waals surface area (Å²) >= 11 is 0. The van der Waals surface area contributed by atoms with Crippen molar-refractivity contribution in [3.8, 4) is 11.5 Å². The van der Waals surface area contributed by atoms with Gasteiger partial charge in [0, 0.05) is 19.7 Å². The van der Waals surface area contributed by atoms with E-state index in [-0.39, 0.29) is 5.91 Å². The SMILES string of the molecule is COCCn1c(CNC(=O)c2cc(-c3ccco3)[nH]n2)nc2ccccc21. The first-order chi connectivity index (χ1) is 13.3. The van der Waals surface area contributed by atoms with E-state index in [9.17, 15) is 4.79 Å². The largest absolute Gasteiger partial charge is 0.463 e. The van der Waals surface area contributed by atoms with Crippen LogP contribution < -0.4 is 5.32 Å². The number of amides is 1. The zero-order valence-electron chi connectivity index (χ0n) is 14.8. The number of hydrogen-bond acceptors (Lipinski definition) is 5. The van der Waals surface area contributed by atoms with E-state index in [1.807, 2.05) is 24.3 Å². The standard InChI is InChI=1S/C19H19N5O3/c1-26-10-8-24-16-6-3-2-5-13(16)21-18(24)12-20-19(25)15-11-14(22-23-15)17-7-4-9-27-17/h2-7,9,11H,8,10,12H2,1H3,(H,20,25)(H,22,23). The Bertz CT molecular complexity index is 1050. The summed E-state index contributed by atoms with van der Waals surface area (Å²) in [6.45, 7) is 1.51. The summed E-state index contributed by atoms with van der Waals surface area (Å²) in [6.07, 6.45) is 1.57. The molecule has 0 unspecified atom stereocenters. The molecule has 0 saturated carbocycles. The van der Waals surface area contributed by atoms with Gasteiger partial charge in [-0.25, -0.2) is 4.98 Å². The molecule has 138 valence electrons. The van der Waals surface area contributed by atoms with Gasteiger partial charge in [-0.15, -0.1) is 0 Å². The second-order valence-electron chi connectivity index (χ2n) is 5.99. The van der Waals surface area contributed by atoms with Gasteiger partial charge < -0.3 is 19.0 Å². The molecule has 0 aliphatic carbocycles. The smallest absolute Gasteiger partial charge is 0.272 e. The Morgan fingerprint density at radius 2 is 2.19 bits per heavy atom. The minimum atomic E-state index is -0.283. The maximum absolute atomic E-state index is 12.5. The Morgan fingerprint density at radius 3 is 3.00 bits per heavy atom. The highest BCUT2D eigenvalue weighted by molar-refractivity contribution is 5.93. The molecule has 3 heterocycles. The number of benzene rings is 1. The van der Waals surface area contributed by atoms with Gasteiger partial charge in [0.25, 0.3) is 5.91 Å². The average Bonchev–Trinajstić information content (AvgIpc) is 3.43. The lowest BCUT2D eigenvalue weighted by atomic mass is 10.3. The molecule has 0 aliphatic rings. The van der Waals surface area contributed by atoms with Gasteiger partial charge in [0.05, 0.1) is 30.4 Å². The number of hydrogen-bond donors (Lipinski definition) is 2. The van der Waals surface area contributed by atoms with Crippen molar-refractivity contribution >= 4 is 16.9 Å². The Hall–Kier alpha value is -3.39. The molecule has 0 saturated heterocycles. The molecule has 0 fully saturated rings. The van der Waals surface area contributed by atoms with Crippen LogP contribution in [0.5, 0.6) is 0 Å². The Kier molecular flexibility index (Phi) is 4.71. The number of nitrogens with zero attached hydrogens (tertiary/aromatic N) is 3. The maximum Gasteiger partial charge on any atom is 0.272 e.